The maximum atomic E-state index is 12.8. The Morgan fingerprint density at radius 1 is 1.29 bits per heavy atom. The van der Waals surface area contributed by atoms with Crippen LogP contribution in [0.2, 0.25) is 0 Å². The molecule has 0 bridgehead atoms. The van der Waals surface area contributed by atoms with E-state index in [4.69, 9.17) is 0 Å². The summed E-state index contributed by atoms with van der Waals surface area (Å²) in [7, 11) is 0. The van der Waals surface area contributed by atoms with E-state index < -0.39 is 0 Å². The molecule has 17 heavy (non-hydrogen) atoms. The summed E-state index contributed by atoms with van der Waals surface area (Å²) in [4.78, 5) is 15.0. The Labute approximate surface area is 105 Å². The third-order valence-electron chi connectivity index (χ3n) is 4.33. The van der Waals surface area contributed by atoms with E-state index >= 15 is 0 Å². The molecule has 0 radical (unpaired) electrons. The molecular weight excluding hydrogens is 212 g/mol. The molecule has 0 aromatic heterocycles. The van der Waals surface area contributed by atoms with E-state index in [1.165, 1.54) is 12.8 Å². The van der Waals surface area contributed by atoms with Crippen molar-refractivity contribution in [2.75, 3.05) is 19.6 Å². The fourth-order valence-electron chi connectivity index (χ4n) is 3.21. The minimum Gasteiger partial charge on any atom is -0.340 e. The van der Waals surface area contributed by atoms with E-state index in [0.717, 1.165) is 45.3 Å². The highest BCUT2D eigenvalue weighted by Gasteiger charge is 2.44. The lowest BCUT2D eigenvalue weighted by atomic mass is 9.74. The second-order valence-corrected chi connectivity index (χ2v) is 5.60. The quantitative estimate of drug-likeness (QED) is 0.796. The topological polar surface area (TPSA) is 32.3 Å². The minimum atomic E-state index is -0.0431. The van der Waals surface area contributed by atoms with Crippen LogP contribution < -0.4 is 5.32 Å². The zero-order valence-corrected chi connectivity index (χ0v) is 11.3. The lowest BCUT2D eigenvalue weighted by Crippen LogP contribution is -2.50. The van der Waals surface area contributed by atoms with E-state index in [1.807, 2.05) is 0 Å². The fourth-order valence-corrected chi connectivity index (χ4v) is 3.21. The molecule has 3 heteroatoms. The average Bonchev–Trinajstić information content (AvgIpc) is 3.16. The van der Waals surface area contributed by atoms with E-state index in [2.05, 4.69) is 24.1 Å². The van der Waals surface area contributed by atoms with Crippen LogP contribution in [-0.2, 0) is 4.79 Å². The largest absolute Gasteiger partial charge is 0.340 e. The summed E-state index contributed by atoms with van der Waals surface area (Å²) in [5.41, 5.74) is -0.0431. The van der Waals surface area contributed by atoms with Gasteiger partial charge in [0.2, 0.25) is 5.91 Å². The summed E-state index contributed by atoms with van der Waals surface area (Å²) < 4.78 is 0. The Bertz CT molecular complexity index is 262. The predicted octanol–water partition coefficient (Wildman–Crippen LogP) is 2.17. The molecule has 3 nitrogen and oxygen atoms in total. The highest BCUT2D eigenvalue weighted by molar-refractivity contribution is 5.83. The lowest BCUT2D eigenvalue weighted by Gasteiger charge is -2.40. The summed E-state index contributed by atoms with van der Waals surface area (Å²) in [6.07, 6.45) is 6.69. The van der Waals surface area contributed by atoms with Crippen LogP contribution in [0.1, 0.15) is 52.4 Å². The van der Waals surface area contributed by atoms with Crippen molar-refractivity contribution in [3.05, 3.63) is 0 Å². The van der Waals surface area contributed by atoms with E-state index in [9.17, 15) is 4.79 Å². The molecule has 98 valence electrons. The molecule has 0 spiro atoms. The minimum absolute atomic E-state index is 0.0431. The summed E-state index contributed by atoms with van der Waals surface area (Å²) in [5, 5.41) is 3.38. The maximum Gasteiger partial charge on any atom is 0.229 e. The van der Waals surface area contributed by atoms with Crippen molar-refractivity contribution in [1.82, 2.24) is 10.2 Å². The number of piperidine rings is 1. The van der Waals surface area contributed by atoms with Crippen LogP contribution >= 0.6 is 0 Å². The van der Waals surface area contributed by atoms with Gasteiger partial charge < -0.3 is 10.2 Å². The Balaban J connectivity index is 2.10. The van der Waals surface area contributed by atoms with Crippen LogP contribution in [-0.4, -0.2) is 36.5 Å². The first-order valence-electron chi connectivity index (χ1n) is 7.25. The zero-order valence-electron chi connectivity index (χ0n) is 11.3. The molecule has 0 aromatic rings. The van der Waals surface area contributed by atoms with Gasteiger partial charge >= 0.3 is 0 Å². The molecule has 0 unspecified atom stereocenters. The van der Waals surface area contributed by atoms with Crippen LogP contribution in [0.3, 0.4) is 0 Å². The molecule has 1 saturated heterocycles. The van der Waals surface area contributed by atoms with Gasteiger partial charge in [-0.1, -0.05) is 13.3 Å². The van der Waals surface area contributed by atoms with Gasteiger partial charge in [0.25, 0.3) is 0 Å². The molecule has 0 atom stereocenters. The number of nitrogens with zero attached hydrogens (tertiary/aromatic N) is 1. The molecule has 1 aliphatic heterocycles. The number of hydrogen-bond acceptors (Lipinski definition) is 2. The predicted molar refractivity (Wildman–Crippen MR) is 69.9 cm³/mol. The molecule has 1 aliphatic carbocycles. The van der Waals surface area contributed by atoms with E-state index in [-0.39, 0.29) is 5.41 Å². The summed E-state index contributed by atoms with van der Waals surface area (Å²) >= 11 is 0. The third-order valence-corrected chi connectivity index (χ3v) is 4.33. The SMILES string of the molecule is CCCC1(C(=O)N(CC)C2CC2)CCNCC1. The van der Waals surface area contributed by atoms with Gasteiger partial charge in [0.1, 0.15) is 0 Å². The monoisotopic (exact) mass is 238 g/mol. The standard InChI is InChI=1S/C14H26N2O/c1-3-7-14(8-10-15-11-9-14)13(17)16(4-2)12-5-6-12/h12,15H,3-11H2,1-2H3. The van der Waals surface area contributed by atoms with Crippen molar-refractivity contribution >= 4 is 5.91 Å². The molecular formula is C14H26N2O. The van der Waals surface area contributed by atoms with Gasteiger partial charge in [0, 0.05) is 12.6 Å². The fraction of sp³-hybridized carbons (Fsp3) is 0.929. The number of hydrogen-bond donors (Lipinski definition) is 1. The normalized spacial score (nSPS) is 23.4. The molecule has 2 aliphatic rings. The molecule has 2 rings (SSSR count). The van der Waals surface area contributed by atoms with Crippen LogP contribution in [0.15, 0.2) is 0 Å². The Kier molecular flexibility index (Phi) is 4.08. The zero-order chi connectivity index (χ0) is 12.3. The molecule has 0 aromatic carbocycles. The molecule has 1 amide bonds. The van der Waals surface area contributed by atoms with Gasteiger partial charge in [-0.2, -0.15) is 0 Å². The number of rotatable bonds is 5. The molecule has 1 heterocycles. The van der Waals surface area contributed by atoms with Crippen molar-refractivity contribution in [1.29, 1.82) is 0 Å². The first-order chi connectivity index (χ1) is 8.23. The highest BCUT2D eigenvalue weighted by atomic mass is 16.2. The number of carbonyl (C=O) groups is 1. The van der Waals surface area contributed by atoms with Gasteiger partial charge in [0.15, 0.2) is 0 Å². The van der Waals surface area contributed by atoms with Crippen LogP contribution in [0.5, 0.6) is 0 Å². The average molecular weight is 238 g/mol. The van der Waals surface area contributed by atoms with Crippen molar-refractivity contribution < 1.29 is 4.79 Å². The van der Waals surface area contributed by atoms with Crippen LogP contribution in [0.4, 0.5) is 0 Å². The Morgan fingerprint density at radius 3 is 2.41 bits per heavy atom. The van der Waals surface area contributed by atoms with Gasteiger partial charge in [-0.3, -0.25) is 4.79 Å². The van der Waals surface area contributed by atoms with Crippen molar-refractivity contribution in [2.45, 2.75) is 58.4 Å². The molecule has 1 saturated carbocycles. The third kappa shape index (κ3) is 2.65. The van der Waals surface area contributed by atoms with Gasteiger partial charge in [-0.05, 0) is 52.1 Å². The number of amides is 1. The van der Waals surface area contributed by atoms with Gasteiger partial charge in [-0.25, -0.2) is 0 Å². The van der Waals surface area contributed by atoms with Crippen molar-refractivity contribution in [3.8, 4) is 0 Å². The van der Waals surface area contributed by atoms with Crippen LogP contribution in [0.25, 0.3) is 0 Å². The highest BCUT2D eigenvalue weighted by Crippen LogP contribution is 2.39. The smallest absolute Gasteiger partial charge is 0.229 e. The summed E-state index contributed by atoms with van der Waals surface area (Å²) in [5.74, 6) is 0.450. The first kappa shape index (κ1) is 12.9. The first-order valence-corrected chi connectivity index (χ1v) is 7.25. The Hall–Kier alpha value is -0.570. The maximum absolute atomic E-state index is 12.8. The van der Waals surface area contributed by atoms with E-state index in [1.54, 1.807) is 0 Å². The van der Waals surface area contributed by atoms with Crippen molar-refractivity contribution in [3.63, 3.8) is 0 Å². The summed E-state index contributed by atoms with van der Waals surface area (Å²) in [6, 6.07) is 0.566. The van der Waals surface area contributed by atoms with E-state index in [0.29, 0.717) is 11.9 Å². The second-order valence-electron chi connectivity index (χ2n) is 5.60. The number of carbonyl (C=O) groups excluding carboxylic acids is 1. The summed E-state index contributed by atoms with van der Waals surface area (Å²) in [6.45, 7) is 7.23. The Morgan fingerprint density at radius 2 is 1.94 bits per heavy atom. The van der Waals surface area contributed by atoms with Gasteiger partial charge in [0.05, 0.1) is 5.41 Å². The molecule has 1 N–H and O–H groups in total. The lowest BCUT2D eigenvalue weighted by molar-refractivity contribution is -0.144. The van der Waals surface area contributed by atoms with Gasteiger partial charge in [-0.15, -0.1) is 0 Å². The number of nitrogens with one attached hydrogen (secondary N) is 1. The van der Waals surface area contributed by atoms with Crippen LogP contribution in [0, 0.1) is 5.41 Å². The molecule has 2 fully saturated rings. The van der Waals surface area contributed by atoms with Crippen molar-refractivity contribution in [2.24, 2.45) is 5.41 Å². The second kappa shape index (κ2) is 5.38.